The number of hydrogen-bond donors (Lipinski definition) is 2. The maximum absolute atomic E-state index is 11.6. The highest BCUT2D eigenvalue weighted by molar-refractivity contribution is 6.14. The summed E-state index contributed by atoms with van der Waals surface area (Å²) in [6.45, 7) is -0.00753. The van der Waals surface area contributed by atoms with E-state index in [1.165, 1.54) is 19.3 Å². The van der Waals surface area contributed by atoms with Gasteiger partial charge < -0.3 is 14.8 Å². The average Bonchev–Trinajstić information content (AvgIpc) is 2.97. The van der Waals surface area contributed by atoms with Crippen LogP contribution in [0.25, 0.3) is 6.08 Å². The van der Waals surface area contributed by atoms with Crippen LogP contribution < -0.4 is 20.1 Å². The quantitative estimate of drug-likeness (QED) is 0.349. The summed E-state index contributed by atoms with van der Waals surface area (Å²) in [7, 11) is 1.45. The fourth-order valence-corrected chi connectivity index (χ4v) is 2.51. The molecule has 0 atom stereocenters. The highest BCUT2D eigenvalue weighted by Gasteiger charge is 2.23. The lowest BCUT2D eigenvalue weighted by molar-refractivity contribution is -0.385. The Labute approximate surface area is 153 Å². The number of para-hydroxylation sites is 1. The van der Waals surface area contributed by atoms with Gasteiger partial charge >= 0.3 is 6.03 Å². The van der Waals surface area contributed by atoms with Crippen molar-refractivity contribution in [2.45, 2.75) is 6.61 Å². The van der Waals surface area contributed by atoms with Crippen LogP contribution in [0.3, 0.4) is 0 Å². The zero-order valence-electron chi connectivity index (χ0n) is 14.2. The molecule has 1 aliphatic heterocycles. The number of nitro benzene ring substituents is 1. The van der Waals surface area contributed by atoms with E-state index < -0.39 is 16.9 Å². The Kier molecular flexibility index (Phi) is 5.02. The molecular formula is C18H15N3O6. The maximum atomic E-state index is 11.6. The van der Waals surface area contributed by atoms with Gasteiger partial charge in [-0.25, -0.2) is 4.79 Å². The second-order valence-electron chi connectivity index (χ2n) is 5.55. The van der Waals surface area contributed by atoms with Crippen LogP contribution in [-0.2, 0) is 11.4 Å². The summed E-state index contributed by atoms with van der Waals surface area (Å²) < 4.78 is 11.0. The molecule has 0 radical (unpaired) electrons. The van der Waals surface area contributed by atoms with Crippen molar-refractivity contribution in [2.75, 3.05) is 7.11 Å². The van der Waals surface area contributed by atoms with Crippen molar-refractivity contribution in [3.8, 4) is 11.5 Å². The first-order chi connectivity index (χ1) is 13.0. The van der Waals surface area contributed by atoms with E-state index in [0.717, 1.165) is 0 Å². The standard InChI is InChI=1S/C18H15N3O6/c1-26-16-9-11(8-13-17(22)20-18(23)19-13)6-7-15(16)27-10-12-4-2-3-5-14(12)21(24)25/h2-9H,10H2,1H3,(H2,19,20,22,23)/b13-8-. The van der Waals surface area contributed by atoms with Gasteiger partial charge in [0.05, 0.1) is 17.6 Å². The van der Waals surface area contributed by atoms with Crippen LogP contribution >= 0.6 is 0 Å². The van der Waals surface area contributed by atoms with Gasteiger partial charge in [0.1, 0.15) is 12.3 Å². The second kappa shape index (κ2) is 7.56. The highest BCUT2D eigenvalue weighted by Crippen LogP contribution is 2.30. The molecule has 0 aromatic heterocycles. The Balaban J connectivity index is 1.79. The number of imide groups is 1. The van der Waals surface area contributed by atoms with Gasteiger partial charge in [0.25, 0.3) is 11.6 Å². The number of amides is 3. The number of nitrogens with zero attached hydrogens (tertiary/aromatic N) is 1. The van der Waals surface area contributed by atoms with Gasteiger partial charge in [-0.3, -0.25) is 20.2 Å². The molecule has 2 N–H and O–H groups in total. The molecule has 1 fully saturated rings. The molecule has 1 saturated heterocycles. The normalized spacial score (nSPS) is 14.6. The molecule has 3 rings (SSSR count). The zero-order valence-corrected chi connectivity index (χ0v) is 14.2. The number of benzene rings is 2. The van der Waals surface area contributed by atoms with Gasteiger partial charge in [0, 0.05) is 6.07 Å². The van der Waals surface area contributed by atoms with Crippen LogP contribution in [0.5, 0.6) is 11.5 Å². The number of carbonyl (C=O) groups excluding carboxylic acids is 2. The average molecular weight is 369 g/mol. The van der Waals surface area contributed by atoms with Crippen LogP contribution in [0.4, 0.5) is 10.5 Å². The minimum atomic E-state index is -0.581. The van der Waals surface area contributed by atoms with Crippen molar-refractivity contribution in [3.63, 3.8) is 0 Å². The van der Waals surface area contributed by atoms with E-state index in [0.29, 0.717) is 22.6 Å². The van der Waals surface area contributed by atoms with E-state index in [-0.39, 0.29) is 18.0 Å². The van der Waals surface area contributed by atoms with E-state index in [9.17, 15) is 19.7 Å². The number of carbonyl (C=O) groups is 2. The van der Waals surface area contributed by atoms with Gasteiger partial charge in [-0.2, -0.15) is 0 Å². The SMILES string of the molecule is COc1cc(/C=C2\NC(=O)NC2=O)ccc1OCc1ccccc1[N+](=O)[O-]. The van der Waals surface area contributed by atoms with Crippen molar-refractivity contribution in [3.05, 3.63) is 69.4 Å². The number of ether oxygens (including phenoxy) is 2. The van der Waals surface area contributed by atoms with Crippen molar-refractivity contribution >= 4 is 23.7 Å². The summed E-state index contributed by atoms with van der Waals surface area (Å²) in [4.78, 5) is 33.3. The molecule has 9 nitrogen and oxygen atoms in total. The Bertz CT molecular complexity index is 954. The molecule has 1 aliphatic rings. The number of hydrogen-bond acceptors (Lipinski definition) is 6. The van der Waals surface area contributed by atoms with E-state index in [1.807, 2.05) is 0 Å². The fraction of sp³-hybridized carbons (Fsp3) is 0.111. The van der Waals surface area contributed by atoms with Crippen LogP contribution in [0.1, 0.15) is 11.1 Å². The van der Waals surface area contributed by atoms with E-state index in [2.05, 4.69) is 10.6 Å². The van der Waals surface area contributed by atoms with Crippen molar-refractivity contribution in [1.29, 1.82) is 0 Å². The molecule has 2 aromatic rings. The minimum Gasteiger partial charge on any atom is -0.493 e. The topological polar surface area (TPSA) is 120 Å². The molecule has 0 aliphatic carbocycles. The number of urea groups is 1. The highest BCUT2D eigenvalue weighted by atomic mass is 16.6. The Morgan fingerprint density at radius 1 is 1.11 bits per heavy atom. The number of nitrogens with one attached hydrogen (secondary N) is 2. The van der Waals surface area contributed by atoms with E-state index in [1.54, 1.807) is 36.4 Å². The zero-order chi connectivity index (χ0) is 19.4. The first kappa shape index (κ1) is 17.9. The summed E-state index contributed by atoms with van der Waals surface area (Å²) in [5.41, 5.74) is 1.13. The van der Waals surface area contributed by atoms with Crippen molar-refractivity contribution in [2.24, 2.45) is 0 Å². The molecule has 0 spiro atoms. The third-order valence-corrected chi connectivity index (χ3v) is 3.79. The van der Waals surface area contributed by atoms with Crippen LogP contribution in [0, 0.1) is 10.1 Å². The third-order valence-electron chi connectivity index (χ3n) is 3.79. The molecule has 0 bridgehead atoms. The molecule has 1 heterocycles. The minimum absolute atomic E-state index is 0.00753. The predicted octanol–water partition coefficient (Wildman–Crippen LogP) is 2.36. The van der Waals surface area contributed by atoms with E-state index in [4.69, 9.17) is 9.47 Å². The largest absolute Gasteiger partial charge is 0.493 e. The number of rotatable bonds is 6. The fourth-order valence-electron chi connectivity index (χ4n) is 2.51. The van der Waals surface area contributed by atoms with Gasteiger partial charge in [0.15, 0.2) is 11.5 Å². The molecule has 9 heteroatoms. The number of nitro groups is 1. The monoisotopic (exact) mass is 369 g/mol. The molecular weight excluding hydrogens is 354 g/mol. The molecule has 27 heavy (non-hydrogen) atoms. The van der Waals surface area contributed by atoms with Crippen LogP contribution in [0.15, 0.2) is 48.2 Å². The van der Waals surface area contributed by atoms with Crippen LogP contribution in [-0.4, -0.2) is 24.0 Å². The van der Waals surface area contributed by atoms with Gasteiger partial charge in [0.2, 0.25) is 0 Å². The van der Waals surface area contributed by atoms with Crippen molar-refractivity contribution < 1.29 is 24.0 Å². The second-order valence-corrected chi connectivity index (χ2v) is 5.55. The lowest BCUT2D eigenvalue weighted by Crippen LogP contribution is -2.22. The van der Waals surface area contributed by atoms with Gasteiger partial charge in [-0.05, 0) is 29.8 Å². The number of methoxy groups -OCH3 is 1. The smallest absolute Gasteiger partial charge is 0.326 e. The Morgan fingerprint density at radius 3 is 2.56 bits per heavy atom. The summed E-state index contributed by atoms with van der Waals surface area (Å²) in [5.74, 6) is 0.251. The molecule has 0 unspecified atom stereocenters. The van der Waals surface area contributed by atoms with Gasteiger partial charge in [-0.15, -0.1) is 0 Å². The lowest BCUT2D eigenvalue weighted by Gasteiger charge is -2.11. The van der Waals surface area contributed by atoms with Crippen molar-refractivity contribution in [1.82, 2.24) is 10.6 Å². The first-order valence-corrected chi connectivity index (χ1v) is 7.85. The molecule has 3 amide bonds. The lowest BCUT2D eigenvalue weighted by atomic mass is 10.1. The molecule has 0 saturated carbocycles. The predicted molar refractivity (Wildman–Crippen MR) is 95.1 cm³/mol. The first-order valence-electron chi connectivity index (χ1n) is 7.85. The third kappa shape index (κ3) is 4.03. The van der Waals surface area contributed by atoms with Crippen LogP contribution in [0.2, 0.25) is 0 Å². The Hall–Kier alpha value is -3.88. The Morgan fingerprint density at radius 2 is 1.89 bits per heavy atom. The van der Waals surface area contributed by atoms with Gasteiger partial charge in [-0.1, -0.05) is 18.2 Å². The summed E-state index contributed by atoms with van der Waals surface area (Å²) in [5, 5.41) is 15.6. The molecule has 138 valence electrons. The van der Waals surface area contributed by atoms with E-state index >= 15 is 0 Å². The maximum Gasteiger partial charge on any atom is 0.326 e. The summed E-state index contributed by atoms with van der Waals surface area (Å²) in [6.07, 6.45) is 1.49. The summed E-state index contributed by atoms with van der Waals surface area (Å²) in [6, 6.07) is 10.6. The molecule has 2 aromatic carbocycles. The summed E-state index contributed by atoms with van der Waals surface area (Å²) >= 11 is 0.